The van der Waals surface area contributed by atoms with Gasteiger partial charge in [-0.15, -0.1) is 0 Å². The molecule has 2 bridgehead atoms. The largest absolute Gasteiger partial charge is 0.496 e. The second kappa shape index (κ2) is 6.89. The van der Waals surface area contributed by atoms with E-state index < -0.39 is 11.4 Å². The van der Waals surface area contributed by atoms with Crippen molar-refractivity contribution in [2.24, 2.45) is 5.92 Å². The number of piperidine rings is 1. The predicted molar refractivity (Wildman–Crippen MR) is 94.9 cm³/mol. The number of carbonyl (C=O) groups is 2. The van der Waals surface area contributed by atoms with E-state index in [1.54, 1.807) is 4.90 Å². The predicted octanol–water partition coefficient (Wildman–Crippen LogP) is 4.20. The van der Waals surface area contributed by atoms with Crippen LogP contribution in [0.2, 0.25) is 0 Å². The van der Waals surface area contributed by atoms with Crippen molar-refractivity contribution in [2.45, 2.75) is 64.1 Å². The molecule has 2 saturated heterocycles. The molecule has 2 aliphatic heterocycles. The molecule has 142 valence electrons. The third kappa shape index (κ3) is 3.69. The number of amides is 1. The van der Waals surface area contributed by atoms with Crippen LogP contribution in [-0.2, 0) is 4.74 Å². The third-order valence-corrected chi connectivity index (χ3v) is 5.14. The van der Waals surface area contributed by atoms with Gasteiger partial charge in [0.15, 0.2) is 5.78 Å². The van der Waals surface area contributed by atoms with Crippen LogP contribution in [0.4, 0.5) is 9.18 Å². The van der Waals surface area contributed by atoms with Gasteiger partial charge in [-0.3, -0.25) is 4.79 Å². The zero-order valence-electron chi connectivity index (χ0n) is 15.8. The minimum absolute atomic E-state index is 0.00268. The summed E-state index contributed by atoms with van der Waals surface area (Å²) in [6.07, 6.45) is 2.59. The smallest absolute Gasteiger partial charge is 0.410 e. The summed E-state index contributed by atoms with van der Waals surface area (Å²) < 4.78 is 24.4. The minimum Gasteiger partial charge on any atom is -0.496 e. The van der Waals surface area contributed by atoms with Crippen LogP contribution in [0.5, 0.6) is 5.75 Å². The Morgan fingerprint density at radius 1 is 1.15 bits per heavy atom. The van der Waals surface area contributed by atoms with Gasteiger partial charge in [-0.25, -0.2) is 9.18 Å². The first-order valence-electron chi connectivity index (χ1n) is 9.08. The number of ketones is 1. The number of fused-ring (bicyclic) bond motifs is 2. The summed E-state index contributed by atoms with van der Waals surface area (Å²) in [6, 6.07) is 4.00. The van der Waals surface area contributed by atoms with Crippen LogP contribution >= 0.6 is 0 Å². The first kappa shape index (κ1) is 18.7. The zero-order valence-corrected chi connectivity index (χ0v) is 15.8. The van der Waals surface area contributed by atoms with Crippen molar-refractivity contribution >= 4 is 11.9 Å². The van der Waals surface area contributed by atoms with E-state index in [0.29, 0.717) is 18.6 Å². The van der Waals surface area contributed by atoms with E-state index in [-0.39, 0.29) is 35.4 Å². The number of rotatable bonds is 3. The minimum atomic E-state index is -0.544. The van der Waals surface area contributed by atoms with E-state index in [1.165, 1.54) is 25.3 Å². The lowest BCUT2D eigenvalue weighted by molar-refractivity contribution is 0.00252. The summed E-state index contributed by atoms with van der Waals surface area (Å²) in [5.74, 6) is -0.411. The molecule has 2 aliphatic rings. The SMILES string of the molecule is COc1ccc(F)cc1C(=O)C1CC2CCC(C1)N2C(=O)OC(C)(C)C. The Balaban J connectivity index is 1.76. The van der Waals surface area contributed by atoms with Gasteiger partial charge in [0.2, 0.25) is 0 Å². The summed E-state index contributed by atoms with van der Waals surface area (Å²) in [7, 11) is 1.47. The van der Waals surface area contributed by atoms with Gasteiger partial charge < -0.3 is 14.4 Å². The number of benzene rings is 1. The average molecular weight is 363 g/mol. The summed E-state index contributed by atoms with van der Waals surface area (Å²) in [6.45, 7) is 5.54. The van der Waals surface area contributed by atoms with Gasteiger partial charge >= 0.3 is 6.09 Å². The Labute approximate surface area is 153 Å². The highest BCUT2D eigenvalue weighted by atomic mass is 19.1. The molecule has 5 nitrogen and oxygen atoms in total. The third-order valence-electron chi connectivity index (χ3n) is 5.14. The van der Waals surface area contributed by atoms with Gasteiger partial charge in [0.05, 0.1) is 12.7 Å². The van der Waals surface area contributed by atoms with Crippen LogP contribution in [0.1, 0.15) is 56.8 Å². The van der Waals surface area contributed by atoms with Crippen molar-refractivity contribution in [1.82, 2.24) is 4.90 Å². The fourth-order valence-corrected chi connectivity index (χ4v) is 4.10. The van der Waals surface area contributed by atoms with E-state index in [1.807, 2.05) is 20.8 Å². The summed E-state index contributed by atoms with van der Waals surface area (Å²) in [4.78, 5) is 27.3. The molecule has 0 N–H and O–H groups in total. The van der Waals surface area contributed by atoms with Crippen molar-refractivity contribution in [3.05, 3.63) is 29.6 Å². The number of halogens is 1. The van der Waals surface area contributed by atoms with Crippen LogP contribution in [-0.4, -0.2) is 41.6 Å². The molecule has 1 amide bonds. The molecule has 6 heteroatoms. The summed E-state index contributed by atoms with van der Waals surface area (Å²) >= 11 is 0. The molecular weight excluding hydrogens is 337 g/mol. The van der Waals surface area contributed by atoms with Crippen LogP contribution in [0.15, 0.2) is 18.2 Å². The van der Waals surface area contributed by atoms with Gasteiger partial charge in [0.25, 0.3) is 0 Å². The van der Waals surface area contributed by atoms with Gasteiger partial charge in [0, 0.05) is 18.0 Å². The highest BCUT2D eigenvalue weighted by Crippen LogP contribution is 2.41. The fourth-order valence-electron chi connectivity index (χ4n) is 4.10. The first-order chi connectivity index (χ1) is 12.2. The number of Topliss-reactive ketones (excluding diaryl/α,β-unsaturated/α-hetero) is 1. The number of nitrogens with zero attached hydrogens (tertiary/aromatic N) is 1. The van der Waals surface area contributed by atoms with Gasteiger partial charge in [-0.05, 0) is 64.7 Å². The number of hydrogen-bond donors (Lipinski definition) is 0. The van der Waals surface area contributed by atoms with Gasteiger partial charge in [-0.2, -0.15) is 0 Å². The molecule has 0 spiro atoms. The lowest BCUT2D eigenvalue weighted by atomic mass is 9.84. The number of ether oxygens (including phenoxy) is 2. The standard InChI is InChI=1S/C20H26FNO4/c1-20(2,3)26-19(24)22-14-6-7-15(22)10-12(9-14)18(23)16-11-13(21)5-8-17(16)25-4/h5,8,11-12,14-15H,6-7,9-10H2,1-4H3. The number of hydrogen-bond acceptors (Lipinski definition) is 4. The molecule has 2 atom stereocenters. The molecule has 2 fully saturated rings. The Bertz CT molecular complexity index is 698. The van der Waals surface area contributed by atoms with Crippen molar-refractivity contribution < 1.29 is 23.5 Å². The van der Waals surface area contributed by atoms with Crippen molar-refractivity contribution in [3.8, 4) is 5.75 Å². The van der Waals surface area contributed by atoms with E-state index in [9.17, 15) is 14.0 Å². The molecular formula is C20H26FNO4. The maximum atomic E-state index is 13.6. The second-order valence-corrected chi connectivity index (χ2v) is 8.15. The molecule has 0 aliphatic carbocycles. The van der Waals surface area contributed by atoms with Crippen molar-refractivity contribution in [3.63, 3.8) is 0 Å². The highest BCUT2D eigenvalue weighted by molar-refractivity contribution is 6.00. The highest BCUT2D eigenvalue weighted by Gasteiger charge is 2.46. The first-order valence-corrected chi connectivity index (χ1v) is 9.08. The molecule has 0 saturated carbocycles. The Morgan fingerprint density at radius 2 is 1.77 bits per heavy atom. The van der Waals surface area contributed by atoms with Crippen LogP contribution in [0.3, 0.4) is 0 Å². The fraction of sp³-hybridized carbons (Fsp3) is 0.600. The molecule has 1 aromatic carbocycles. The lowest BCUT2D eigenvalue weighted by Crippen LogP contribution is -2.49. The maximum Gasteiger partial charge on any atom is 0.410 e. The molecule has 0 aromatic heterocycles. The lowest BCUT2D eigenvalue weighted by Gasteiger charge is -2.39. The molecule has 2 heterocycles. The number of carbonyl (C=O) groups excluding carboxylic acids is 2. The summed E-state index contributed by atoms with van der Waals surface area (Å²) in [5.41, 5.74) is -0.263. The van der Waals surface area contributed by atoms with Crippen molar-refractivity contribution in [2.75, 3.05) is 7.11 Å². The Hall–Kier alpha value is -2.11. The van der Waals surface area contributed by atoms with Gasteiger partial charge in [-0.1, -0.05) is 0 Å². The van der Waals surface area contributed by atoms with Crippen molar-refractivity contribution in [1.29, 1.82) is 0 Å². The van der Waals surface area contributed by atoms with E-state index in [0.717, 1.165) is 12.8 Å². The van der Waals surface area contributed by atoms with Gasteiger partial charge in [0.1, 0.15) is 17.2 Å². The molecule has 26 heavy (non-hydrogen) atoms. The molecule has 1 aromatic rings. The molecule has 0 radical (unpaired) electrons. The van der Waals surface area contributed by atoms with E-state index in [2.05, 4.69) is 0 Å². The Morgan fingerprint density at radius 3 is 2.31 bits per heavy atom. The summed E-state index contributed by atoms with van der Waals surface area (Å²) in [5, 5.41) is 0. The van der Waals surface area contributed by atoms with Crippen LogP contribution < -0.4 is 4.74 Å². The molecule has 2 unspecified atom stereocenters. The Kier molecular flexibility index (Phi) is 4.95. The topological polar surface area (TPSA) is 55.8 Å². The average Bonchev–Trinajstić information content (AvgIpc) is 2.83. The van der Waals surface area contributed by atoms with E-state index >= 15 is 0 Å². The quantitative estimate of drug-likeness (QED) is 0.756. The zero-order chi connectivity index (χ0) is 19.1. The van der Waals surface area contributed by atoms with Crippen LogP contribution in [0.25, 0.3) is 0 Å². The monoisotopic (exact) mass is 363 g/mol. The maximum absolute atomic E-state index is 13.6. The van der Waals surface area contributed by atoms with E-state index in [4.69, 9.17) is 9.47 Å². The second-order valence-electron chi connectivity index (χ2n) is 8.15. The van der Waals surface area contributed by atoms with Crippen LogP contribution in [0, 0.1) is 11.7 Å². The normalized spacial score (nSPS) is 25.1. The molecule has 3 rings (SSSR count). The number of methoxy groups -OCH3 is 1.